The van der Waals surface area contributed by atoms with Gasteiger partial charge < -0.3 is 0 Å². The SMILES string of the molecule is CCSc1nnnn1-c1ccc(C)cc1C. The molecule has 0 aliphatic rings. The zero-order valence-electron chi connectivity index (χ0n) is 9.64. The summed E-state index contributed by atoms with van der Waals surface area (Å²) in [5.41, 5.74) is 3.48. The van der Waals surface area contributed by atoms with Crippen LogP contribution in [0.4, 0.5) is 0 Å². The number of hydrogen-bond acceptors (Lipinski definition) is 4. The fraction of sp³-hybridized carbons (Fsp3) is 0.364. The highest BCUT2D eigenvalue weighted by Crippen LogP contribution is 2.20. The van der Waals surface area contributed by atoms with Gasteiger partial charge in [-0.3, -0.25) is 0 Å². The van der Waals surface area contributed by atoms with E-state index in [1.165, 1.54) is 11.1 Å². The smallest absolute Gasteiger partial charge is 0.187 e. The first-order valence-corrected chi connectivity index (χ1v) is 6.19. The third-order valence-corrected chi connectivity index (χ3v) is 3.10. The summed E-state index contributed by atoms with van der Waals surface area (Å²) in [5.74, 6) is 0.964. The molecule has 0 fully saturated rings. The third kappa shape index (κ3) is 2.09. The first kappa shape index (κ1) is 11.1. The van der Waals surface area contributed by atoms with Crippen molar-refractivity contribution >= 4 is 11.8 Å². The summed E-state index contributed by atoms with van der Waals surface area (Å²) in [4.78, 5) is 0. The van der Waals surface area contributed by atoms with E-state index in [9.17, 15) is 0 Å². The lowest BCUT2D eigenvalue weighted by Crippen LogP contribution is -2.01. The summed E-state index contributed by atoms with van der Waals surface area (Å²) in [6, 6.07) is 6.27. The number of thioether (sulfide) groups is 1. The molecule has 4 nitrogen and oxygen atoms in total. The zero-order chi connectivity index (χ0) is 11.5. The standard InChI is InChI=1S/C11H14N4S/c1-4-16-11-12-13-14-15(11)10-6-5-8(2)7-9(10)3/h5-7H,4H2,1-3H3. The van der Waals surface area contributed by atoms with Crippen LogP contribution in [0.5, 0.6) is 0 Å². The van der Waals surface area contributed by atoms with Gasteiger partial charge in [0.15, 0.2) is 0 Å². The van der Waals surface area contributed by atoms with Gasteiger partial charge in [-0.25, -0.2) is 0 Å². The average Bonchev–Trinajstić information content (AvgIpc) is 2.67. The normalized spacial score (nSPS) is 10.7. The van der Waals surface area contributed by atoms with Gasteiger partial charge in [0.2, 0.25) is 5.16 Å². The number of tetrazole rings is 1. The van der Waals surface area contributed by atoms with Gasteiger partial charge in [0.25, 0.3) is 0 Å². The molecule has 1 heterocycles. The number of rotatable bonds is 3. The topological polar surface area (TPSA) is 43.6 Å². The van der Waals surface area contributed by atoms with Gasteiger partial charge >= 0.3 is 0 Å². The number of aryl methyl sites for hydroxylation is 2. The Balaban J connectivity index is 2.46. The Labute approximate surface area is 99.1 Å². The lowest BCUT2D eigenvalue weighted by Gasteiger charge is -2.07. The molecule has 0 amide bonds. The Morgan fingerprint density at radius 1 is 1.31 bits per heavy atom. The third-order valence-electron chi connectivity index (χ3n) is 2.29. The molecule has 1 aromatic heterocycles. The fourth-order valence-corrected chi connectivity index (χ4v) is 2.20. The van der Waals surface area contributed by atoms with Crippen LogP contribution in [-0.2, 0) is 0 Å². The van der Waals surface area contributed by atoms with Gasteiger partial charge in [-0.2, -0.15) is 4.68 Å². The Hall–Kier alpha value is -1.36. The maximum Gasteiger partial charge on any atom is 0.214 e. The van der Waals surface area contributed by atoms with Crippen LogP contribution in [-0.4, -0.2) is 26.0 Å². The van der Waals surface area contributed by atoms with Crippen molar-refractivity contribution in [2.75, 3.05) is 5.75 Å². The largest absolute Gasteiger partial charge is 0.214 e. The molecule has 2 rings (SSSR count). The maximum atomic E-state index is 4.03. The van der Waals surface area contributed by atoms with Gasteiger partial charge in [-0.15, -0.1) is 5.10 Å². The van der Waals surface area contributed by atoms with Crippen LogP contribution in [0.3, 0.4) is 0 Å². The van der Waals surface area contributed by atoms with E-state index in [2.05, 4.69) is 54.5 Å². The van der Waals surface area contributed by atoms with Crippen LogP contribution in [0.1, 0.15) is 18.1 Å². The van der Waals surface area contributed by atoms with Gasteiger partial charge in [-0.05, 0) is 41.7 Å². The molecule has 0 bridgehead atoms. The number of hydrogen-bond donors (Lipinski definition) is 0. The first-order chi connectivity index (χ1) is 7.72. The molecule has 0 unspecified atom stereocenters. The van der Waals surface area contributed by atoms with Crippen molar-refractivity contribution in [1.82, 2.24) is 20.2 Å². The first-order valence-electron chi connectivity index (χ1n) is 5.21. The molecule has 5 heteroatoms. The summed E-state index contributed by atoms with van der Waals surface area (Å²) < 4.78 is 1.79. The predicted octanol–water partition coefficient (Wildman–Crippen LogP) is 2.39. The van der Waals surface area contributed by atoms with Crippen molar-refractivity contribution in [2.24, 2.45) is 0 Å². The van der Waals surface area contributed by atoms with Gasteiger partial charge in [0, 0.05) is 0 Å². The van der Waals surface area contributed by atoms with E-state index in [1.807, 2.05) is 0 Å². The van der Waals surface area contributed by atoms with Crippen LogP contribution in [0.15, 0.2) is 23.4 Å². The molecule has 0 saturated carbocycles. The van der Waals surface area contributed by atoms with Crippen molar-refractivity contribution in [1.29, 1.82) is 0 Å². The van der Waals surface area contributed by atoms with Crippen molar-refractivity contribution in [3.63, 3.8) is 0 Å². The fourth-order valence-electron chi connectivity index (χ4n) is 1.59. The predicted molar refractivity (Wildman–Crippen MR) is 65.0 cm³/mol. The molecule has 0 N–H and O–H groups in total. The van der Waals surface area contributed by atoms with Crippen LogP contribution >= 0.6 is 11.8 Å². The molecule has 0 aliphatic carbocycles. The Kier molecular flexibility index (Phi) is 3.24. The van der Waals surface area contributed by atoms with Crippen molar-refractivity contribution in [2.45, 2.75) is 25.9 Å². The summed E-state index contributed by atoms with van der Waals surface area (Å²) in [6.07, 6.45) is 0. The summed E-state index contributed by atoms with van der Waals surface area (Å²) in [6.45, 7) is 6.24. The second-order valence-electron chi connectivity index (χ2n) is 3.60. The van der Waals surface area contributed by atoms with Gasteiger partial charge in [-0.1, -0.05) is 36.4 Å². The molecule has 0 radical (unpaired) electrons. The summed E-state index contributed by atoms with van der Waals surface area (Å²) in [7, 11) is 0. The average molecular weight is 234 g/mol. The lowest BCUT2D eigenvalue weighted by molar-refractivity contribution is 0.752. The van der Waals surface area contributed by atoms with Gasteiger partial charge in [0.1, 0.15) is 0 Å². The van der Waals surface area contributed by atoms with Crippen molar-refractivity contribution in [3.05, 3.63) is 29.3 Å². The zero-order valence-corrected chi connectivity index (χ0v) is 10.5. The van der Waals surface area contributed by atoms with Crippen LogP contribution in [0.2, 0.25) is 0 Å². The number of benzene rings is 1. The number of nitrogens with zero attached hydrogens (tertiary/aromatic N) is 4. The minimum atomic E-state index is 0.842. The molecule has 84 valence electrons. The minimum absolute atomic E-state index is 0.842. The van der Waals surface area contributed by atoms with E-state index in [0.29, 0.717) is 0 Å². The molecule has 1 aromatic carbocycles. The second-order valence-corrected chi connectivity index (χ2v) is 4.83. The highest BCUT2D eigenvalue weighted by molar-refractivity contribution is 7.99. The second kappa shape index (κ2) is 4.65. The van der Waals surface area contributed by atoms with Crippen LogP contribution < -0.4 is 0 Å². The molecule has 0 spiro atoms. The molecule has 16 heavy (non-hydrogen) atoms. The van der Waals surface area contributed by atoms with E-state index in [-0.39, 0.29) is 0 Å². The Morgan fingerprint density at radius 3 is 2.81 bits per heavy atom. The monoisotopic (exact) mass is 234 g/mol. The molecule has 0 saturated heterocycles. The van der Waals surface area contributed by atoms with E-state index >= 15 is 0 Å². The highest BCUT2D eigenvalue weighted by atomic mass is 32.2. The Morgan fingerprint density at radius 2 is 2.12 bits per heavy atom. The molecular formula is C11H14N4S. The minimum Gasteiger partial charge on any atom is -0.187 e. The quantitative estimate of drug-likeness (QED) is 0.765. The van der Waals surface area contributed by atoms with E-state index in [0.717, 1.165) is 16.6 Å². The van der Waals surface area contributed by atoms with E-state index in [1.54, 1.807) is 16.4 Å². The number of aromatic nitrogens is 4. The van der Waals surface area contributed by atoms with Gasteiger partial charge in [0.05, 0.1) is 5.69 Å². The highest BCUT2D eigenvalue weighted by Gasteiger charge is 2.09. The van der Waals surface area contributed by atoms with Crippen molar-refractivity contribution in [3.8, 4) is 5.69 Å². The lowest BCUT2D eigenvalue weighted by atomic mass is 10.1. The molecule has 0 aliphatic heterocycles. The van der Waals surface area contributed by atoms with Crippen LogP contribution in [0.25, 0.3) is 5.69 Å². The molecular weight excluding hydrogens is 220 g/mol. The summed E-state index contributed by atoms with van der Waals surface area (Å²) in [5, 5.41) is 12.6. The summed E-state index contributed by atoms with van der Waals surface area (Å²) >= 11 is 1.64. The van der Waals surface area contributed by atoms with Crippen molar-refractivity contribution < 1.29 is 0 Å². The van der Waals surface area contributed by atoms with E-state index < -0.39 is 0 Å². The molecule has 2 aromatic rings. The maximum absolute atomic E-state index is 4.03. The Bertz CT molecular complexity index is 492. The van der Waals surface area contributed by atoms with Crippen LogP contribution in [0, 0.1) is 13.8 Å². The molecule has 0 atom stereocenters. The van der Waals surface area contributed by atoms with E-state index in [4.69, 9.17) is 0 Å².